The van der Waals surface area contributed by atoms with Crippen LogP contribution in [0.5, 0.6) is 0 Å². The lowest BCUT2D eigenvalue weighted by Crippen LogP contribution is -2.36. The van der Waals surface area contributed by atoms with Crippen LogP contribution in [0.3, 0.4) is 0 Å². The van der Waals surface area contributed by atoms with Crippen molar-refractivity contribution in [2.75, 3.05) is 29.9 Å². The predicted octanol–water partition coefficient (Wildman–Crippen LogP) is 2.74. The van der Waals surface area contributed by atoms with E-state index in [1.54, 1.807) is 6.92 Å². The molecule has 5 nitrogen and oxygen atoms in total. The van der Waals surface area contributed by atoms with E-state index in [1.807, 2.05) is 18.2 Å². The fourth-order valence-corrected chi connectivity index (χ4v) is 3.35. The van der Waals surface area contributed by atoms with Crippen LogP contribution in [-0.4, -0.2) is 36.2 Å². The zero-order valence-electron chi connectivity index (χ0n) is 11.3. The average Bonchev–Trinajstić information content (AvgIpc) is 2.81. The number of carbonyl (C=O) groups is 1. The molecule has 20 heavy (non-hydrogen) atoms. The Kier molecular flexibility index (Phi) is 3.10. The summed E-state index contributed by atoms with van der Waals surface area (Å²) in [4.78, 5) is 20.2. The predicted molar refractivity (Wildman–Crippen MR) is 80.5 cm³/mol. The minimum Gasteiger partial charge on any atom is -0.477 e. The summed E-state index contributed by atoms with van der Waals surface area (Å²) >= 11 is 1.24. The molecule has 0 radical (unpaired) electrons. The van der Waals surface area contributed by atoms with E-state index in [4.69, 9.17) is 5.11 Å². The molecule has 1 aromatic carbocycles. The van der Waals surface area contributed by atoms with Gasteiger partial charge in [0.1, 0.15) is 4.88 Å². The molecular formula is C14H15N3O2S. The van der Waals surface area contributed by atoms with Gasteiger partial charge in [-0.25, -0.2) is 9.78 Å². The van der Waals surface area contributed by atoms with Crippen molar-refractivity contribution in [2.24, 2.45) is 0 Å². The van der Waals surface area contributed by atoms with Crippen molar-refractivity contribution >= 4 is 33.8 Å². The molecule has 1 aromatic heterocycles. The first kappa shape index (κ1) is 12.9. The summed E-state index contributed by atoms with van der Waals surface area (Å²) in [6, 6.07) is 8.11. The number of benzene rings is 1. The van der Waals surface area contributed by atoms with Crippen molar-refractivity contribution in [2.45, 2.75) is 6.92 Å². The van der Waals surface area contributed by atoms with Crippen LogP contribution in [-0.2, 0) is 0 Å². The van der Waals surface area contributed by atoms with Gasteiger partial charge in [-0.3, -0.25) is 0 Å². The maximum Gasteiger partial charge on any atom is 0.347 e. The van der Waals surface area contributed by atoms with E-state index in [1.165, 1.54) is 11.3 Å². The molecule has 2 heterocycles. The Bertz CT molecular complexity index is 668. The largest absolute Gasteiger partial charge is 0.477 e. The summed E-state index contributed by atoms with van der Waals surface area (Å²) in [6.45, 7) is 3.43. The van der Waals surface area contributed by atoms with Crippen LogP contribution in [0.2, 0.25) is 0 Å². The summed E-state index contributed by atoms with van der Waals surface area (Å²) in [6.07, 6.45) is 0. The number of thiazole rings is 1. The Morgan fingerprint density at radius 2 is 2.00 bits per heavy atom. The van der Waals surface area contributed by atoms with Crippen LogP contribution < -0.4 is 9.80 Å². The molecule has 0 unspecified atom stereocenters. The molecule has 0 saturated carbocycles. The number of carboxylic acids is 1. The van der Waals surface area contributed by atoms with Crippen molar-refractivity contribution in [1.29, 1.82) is 0 Å². The van der Waals surface area contributed by atoms with Crippen LogP contribution in [0.25, 0.3) is 0 Å². The highest BCUT2D eigenvalue weighted by Gasteiger charge is 2.25. The van der Waals surface area contributed by atoms with Gasteiger partial charge < -0.3 is 14.9 Å². The molecule has 6 heteroatoms. The van der Waals surface area contributed by atoms with Crippen LogP contribution >= 0.6 is 11.3 Å². The summed E-state index contributed by atoms with van der Waals surface area (Å²) < 4.78 is 0. The minimum atomic E-state index is -0.909. The molecule has 1 aliphatic rings. The van der Waals surface area contributed by atoms with Crippen molar-refractivity contribution < 1.29 is 9.90 Å². The second kappa shape index (κ2) is 4.79. The van der Waals surface area contributed by atoms with Crippen molar-refractivity contribution in [1.82, 2.24) is 4.98 Å². The van der Waals surface area contributed by atoms with Crippen molar-refractivity contribution in [3.63, 3.8) is 0 Å². The number of anilines is 3. The number of aromatic nitrogens is 1. The Morgan fingerprint density at radius 1 is 1.30 bits per heavy atom. The van der Waals surface area contributed by atoms with E-state index < -0.39 is 5.97 Å². The molecule has 0 aliphatic carbocycles. The second-order valence-corrected chi connectivity index (χ2v) is 5.76. The third-order valence-corrected chi connectivity index (χ3v) is 4.62. The maximum atomic E-state index is 11.2. The average molecular weight is 289 g/mol. The highest BCUT2D eigenvalue weighted by atomic mass is 32.1. The maximum absolute atomic E-state index is 11.2. The Labute approximate surface area is 121 Å². The van der Waals surface area contributed by atoms with Gasteiger partial charge in [-0.05, 0) is 19.1 Å². The van der Waals surface area contributed by atoms with Crippen molar-refractivity contribution in [3.05, 3.63) is 34.8 Å². The lowest BCUT2D eigenvalue weighted by Gasteiger charge is -2.35. The van der Waals surface area contributed by atoms with E-state index in [0.717, 1.165) is 29.6 Å². The van der Waals surface area contributed by atoms with Crippen LogP contribution in [0.1, 0.15) is 15.4 Å². The van der Waals surface area contributed by atoms with Gasteiger partial charge in [0.15, 0.2) is 5.13 Å². The van der Waals surface area contributed by atoms with Gasteiger partial charge in [-0.2, -0.15) is 0 Å². The first-order valence-electron chi connectivity index (χ1n) is 6.36. The number of carboxylic acid groups (broad SMARTS) is 1. The monoisotopic (exact) mass is 289 g/mol. The lowest BCUT2D eigenvalue weighted by molar-refractivity contribution is 0.0701. The molecule has 1 aliphatic heterocycles. The van der Waals surface area contributed by atoms with Gasteiger partial charge >= 0.3 is 5.97 Å². The molecule has 0 atom stereocenters. The topological polar surface area (TPSA) is 56.7 Å². The van der Waals surface area contributed by atoms with Gasteiger partial charge in [0.2, 0.25) is 0 Å². The minimum absolute atomic E-state index is 0.316. The Balaban J connectivity index is 2.06. The van der Waals surface area contributed by atoms with E-state index in [0.29, 0.717) is 10.6 Å². The summed E-state index contributed by atoms with van der Waals surface area (Å²) in [5, 5.41) is 9.91. The van der Waals surface area contributed by atoms with Crippen LogP contribution in [0.15, 0.2) is 24.3 Å². The summed E-state index contributed by atoms with van der Waals surface area (Å²) in [5.74, 6) is -0.909. The second-order valence-electron chi connectivity index (χ2n) is 4.78. The number of aryl methyl sites for hydroxylation is 1. The zero-order chi connectivity index (χ0) is 14.3. The molecule has 1 N–H and O–H groups in total. The van der Waals surface area contributed by atoms with E-state index in [-0.39, 0.29) is 0 Å². The van der Waals surface area contributed by atoms with Crippen LogP contribution in [0, 0.1) is 6.92 Å². The molecular weight excluding hydrogens is 274 g/mol. The number of hydrogen-bond acceptors (Lipinski definition) is 5. The number of hydrogen-bond donors (Lipinski definition) is 1. The molecule has 0 fully saturated rings. The zero-order valence-corrected chi connectivity index (χ0v) is 12.1. The van der Waals surface area contributed by atoms with E-state index >= 15 is 0 Å². The lowest BCUT2D eigenvalue weighted by atomic mass is 10.2. The highest BCUT2D eigenvalue weighted by molar-refractivity contribution is 7.17. The first-order chi connectivity index (χ1) is 9.58. The van der Waals surface area contributed by atoms with Gasteiger partial charge in [-0.15, -0.1) is 0 Å². The normalized spacial score (nSPS) is 14.3. The molecule has 0 bridgehead atoms. The van der Waals surface area contributed by atoms with Gasteiger partial charge in [0.25, 0.3) is 0 Å². The SMILES string of the molecule is Cc1nc(N2CCN(C)c3ccccc32)sc1C(=O)O. The fraction of sp³-hybridized carbons (Fsp3) is 0.286. The first-order valence-corrected chi connectivity index (χ1v) is 7.18. The van der Waals surface area contributed by atoms with Gasteiger partial charge in [0.05, 0.1) is 17.1 Å². The highest BCUT2D eigenvalue weighted by Crippen LogP contribution is 2.39. The molecule has 104 valence electrons. The quantitative estimate of drug-likeness (QED) is 0.921. The third kappa shape index (κ3) is 2.02. The Morgan fingerprint density at radius 3 is 2.65 bits per heavy atom. The number of likely N-dealkylation sites (N-methyl/N-ethyl adjacent to an activating group) is 1. The third-order valence-electron chi connectivity index (χ3n) is 3.45. The summed E-state index contributed by atoms with van der Waals surface area (Å²) in [7, 11) is 2.06. The smallest absolute Gasteiger partial charge is 0.347 e. The van der Waals surface area contributed by atoms with Crippen molar-refractivity contribution in [3.8, 4) is 0 Å². The number of fused-ring (bicyclic) bond motifs is 1. The van der Waals surface area contributed by atoms with Gasteiger partial charge in [0, 0.05) is 20.1 Å². The standard InChI is InChI=1S/C14H15N3O2S/c1-9-12(13(18)19)20-14(15-9)17-8-7-16(2)10-5-3-4-6-11(10)17/h3-6H,7-8H2,1-2H3,(H,18,19). The fourth-order valence-electron chi connectivity index (χ4n) is 2.40. The van der Waals surface area contributed by atoms with E-state index in [9.17, 15) is 4.79 Å². The molecule has 0 spiro atoms. The molecule has 0 amide bonds. The molecule has 2 aromatic rings. The molecule has 3 rings (SSSR count). The number of nitrogens with zero attached hydrogens (tertiary/aromatic N) is 3. The number of para-hydroxylation sites is 2. The van der Waals surface area contributed by atoms with Gasteiger partial charge in [-0.1, -0.05) is 23.5 Å². The molecule has 0 saturated heterocycles. The number of rotatable bonds is 2. The number of aromatic carboxylic acids is 1. The van der Waals surface area contributed by atoms with E-state index in [2.05, 4.69) is 27.9 Å². The Hall–Kier alpha value is -2.08. The van der Waals surface area contributed by atoms with Crippen LogP contribution in [0.4, 0.5) is 16.5 Å². The summed E-state index contributed by atoms with van der Waals surface area (Å²) in [5.41, 5.74) is 2.80.